The number of aryl methyl sites for hydroxylation is 1. The van der Waals surface area contributed by atoms with E-state index in [1.54, 1.807) is 21.7 Å². The van der Waals surface area contributed by atoms with Crippen LogP contribution in [0.3, 0.4) is 0 Å². The third-order valence-electron chi connectivity index (χ3n) is 5.98. The highest BCUT2D eigenvalue weighted by Gasteiger charge is 2.27. The Kier molecular flexibility index (Phi) is 8.36. The van der Waals surface area contributed by atoms with Crippen LogP contribution in [0.2, 0.25) is 0 Å². The van der Waals surface area contributed by atoms with Gasteiger partial charge in [-0.25, -0.2) is 13.9 Å². The lowest BCUT2D eigenvalue weighted by molar-refractivity contribution is 0.0793. The van der Waals surface area contributed by atoms with E-state index in [-0.39, 0.29) is 18.0 Å². The van der Waals surface area contributed by atoms with Gasteiger partial charge in [0.25, 0.3) is 0 Å². The Balaban J connectivity index is 1.74. The molecule has 1 atom stereocenters. The van der Waals surface area contributed by atoms with E-state index in [1.807, 2.05) is 44.2 Å². The number of para-hydroxylation sites is 1. The molecule has 3 aromatic rings. The first-order valence-electron chi connectivity index (χ1n) is 12.3. The maximum absolute atomic E-state index is 13.9. The molecule has 186 valence electrons. The molecular formula is C27H33FN4O3. The van der Waals surface area contributed by atoms with Crippen LogP contribution in [0.4, 0.5) is 9.18 Å². The standard InChI is InChI=1S/C27H33FN4O3/c1-3-15-29-27(33)31(18-23-14-9-16-34-23)19-24-25(4-2)30-32(21-11-6-5-7-12-21)26(24)35-22-13-8-10-20(28)17-22/h5-8,10-13,17,23H,3-4,9,14-16,18-19H2,1-2H3,(H,29,33)/t23-/m0/s1. The predicted molar refractivity (Wildman–Crippen MR) is 132 cm³/mol. The summed E-state index contributed by atoms with van der Waals surface area (Å²) in [4.78, 5) is 14.9. The van der Waals surface area contributed by atoms with E-state index >= 15 is 0 Å². The Morgan fingerprint density at radius 2 is 2.06 bits per heavy atom. The third-order valence-corrected chi connectivity index (χ3v) is 5.98. The first kappa shape index (κ1) is 24.7. The van der Waals surface area contributed by atoms with E-state index in [0.29, 0.717) is 37.7 Å². The van der Waals surface area contributed by atoms with Gasteiger partial charge in [0, 0.05) is 25.8 Å². The summed E-state index contributed by atoms with van der Waals surface area (Å²) in [5.41, 5.74) is 2.44. The molecular weight excluding hydrogens is 447 g/mol. The van der Waals surface area contributed by atoms with Crippen molar-refractivity contribution in [2.24, 2.45) is 0 Å². The summed E-state index contributed by atoms with van der Waals surface area (Å²) in [6, 6.07) is 15.6. The van der Waals surface area contributed by atoms with Gasteiger partial charge in [0.15, 0.2) is 0 Å². The smallest absolute Gasteiger partial charge is 0.317 e. The molecule has 1 aromatic heterocycles. The van der Waals surface area contributed by atoms with E-state index < -0.39 is 0 Å². The van der Waals surface area contributed by atoms with E-state index in [9.17, 15) is 9.18 Å². The Morgan fingerprint density at radius 1 is 1.23 bits per heavy atom. The second kappa shape index (κ2) is 11.8. The van der Waals surface area contributed by atoms with Gasteiger partial charge in [0.2, 0.25) is 5.88 Å². The number of carbonyl (C=O) groups is 1. The summed E-state index contributed by atoms with van der Waals surface area (Å²) < 4.78 is 27.8. The summed E-state index contributed by atoms with van der Waals surface area (Å²) in [5.74, 6) is 0.455. The molecule has 0 radical (unpaired) electrons. The molecule has 1 aliphatic rings. The molecule has 2 heterocycles. The molecule has 2 amide bonds. The zero-order chi connectivity index (χ0) is 24.6. The molecule has 1 aliphatic heterocycles. The second-order valence-corrected chi connectivity index (χ2v) is 8.64. The van der Waals surface area contributed by atoms with Gasteiger partial charge in [0.1, 0.15) is 11.6 Å². The summed E-state index contributed by atoms with van der Waals surface area (Å²) in [6.45, 7) is 6.14. The molecule has 4 rings (SSSR count). The van der Waals surface area contributed by atoms with Crippen molar-refractivity contribution in [2.75, 3.05) is 19.7 Å². The van der Waals surface area contributed by atoms with Crippen LogP contribution in [0.1, 0.15) is 44.4 Å². The fourth-order valence-electron chi connectivity index (χ4n) is 4.20. The minimum absolute atomic E-state index is 0.00390. The zero-order valence-corrected chi connectivity index (χ0v) is 20.4. The van der Waals surface area contributed by atoms with Crippen molar-refractivity contribution >= 4 is 6.03 Å². The number of rotatable bonds is 10. The first-order chi connectivity index (χ1) is 17.1. The lowest BCUT2D eigenvalue weighted by Crippen LogP contribution is -2.43. The molecule has 2 aromatic carbocycles. The first-order valence-corrected chi connectivity index (χ1v) is 12.3. The molecule has 8 heteroatoms. The fourth-order valence-corrected chi connectivity index (χ4v) is 4.20. The lowest BCUT2D eigenvalue weighted by atomic mass is 10.1. The Hall–Kier alpha value is -3.39. The van der Waals surface area contributed by atoms with Crippen LogP contribution in [0.5, 0.6) is 11.6 Å². The Bertz CT molecular complexity index is 1110. The van der Waals surface area contributed by atoms with Gasteiger partial charge in [-0.1, -0.05) is 38.1 Å². The van der Waals surface area contributed by atoms with Gasteiger partial charge >= 0.3 is 6.03 Å². The van der Waals surface area contributed by atoms with Crippen molar-refractivity contribution < 1.29 is 18.7 Å². The van der Waals surface area contributed by atoms with E-state index in [0.717, 1.165) is 42.8 Å². The maximum Gasteiger partial charge on any atom is 0.317 e. The van der Waals surface area contributed by atoms with Crippen LogP contribution < -0.4 is 10.1 Å². The number of ether oxygens (including phenoxy) is 2. The van der Waals surface area contributed by atoms with Crippen LogP contribution in [0, 0.1) is 5.82 Å². The van der Waals surface area contributed by atoms with Crippen LogP contribution in [0.15, 0.2) is 54.6 Å². The van der Waals surface area contributed by atoms with Gasteiger partial charge < -0.3 is 19.7 Å². The molecule has 0 bridgehead atoms. The number of halogens is 1. The summed E-state index contributed by atoms with van der Waals surface area (Å²) in [7, 11) is 0. The molecule has 0 saturated carbocycles. The lowest BCUT2D eigenvalue weighted by Gasteiger charge is -2.26. The topological polar surface area (TPSA) is 68.6 Å². The summed E-state index contributed by atoms with van der Waals surface area (Å²) in [5, 5.41) is 7.83. The number of hydrogen-bond donors (Lipinski definition) is 1. The molecule has 35 heavy (non-hydrogen) atoms. The number of amides is 2. The van der Waals surface area contributed by atoms with E-state index in [1.165, 1.54) is 12.1 Å². The van der Waals surface area contributed by atoms with Gasteiger partial charge in [-0.05, 0) is 49.9 Å². The van der Waals surface area contributed by atoms with Crippen molar-refractivity contribution in [3.8, 4) is 17.3 Å². The third kappa shape index (κ3) is 6.19. The molecule has 1 saturated heterocycles. The average molecular weight is 481 g/mol. The minimum Gasteiger partial charge on any atom is -0.438 e. The number of nitrogens with one attached hydrogen (secondary N) is 1. The van der Waals surface area contributed by atoms with Crippen molar-refractivity contribution in [1.82, 2.24) is 20.0 Å². The highest BCUT2D eigenvalue weighted by molar-refractivity contribution is 5.74. The number of aromatic nitrogens is 2. The van der Waals surface area contributed by atoms with Crippen LogP contribution in [-0.2, 0) is 17.7 Å². The number of nitrogens with zero attached hydrogens (tertiary/aromatic N) is 3. The molecule has 7 nitrogen and oxygen atoms in total. The normalized spacial score (nSPS) is 15.2. The predicted octanol–water partition coefficient (Wildman–Crippen LogP) is 5.47. The van der Waals surface area contributed by atoms with Gasteiger partial charge in [0.05, 0.1) is 29.6 Å². The number of carbonyl (C=O) groups excluding carboxylic acids is 1. The summed E-state index contributed by atoms with van der Waals surface area (Å²) >= 11 is 0. The number of benzene rings is 2. The summed E-state index contributed by atoms with van der Waals surface area (Å²) in [6.07, 6.45) is 3.42. The van der Waals surface area contributed by atoms with Crippen LogP contribution in [0.25, 0.3) is 5.69 Å². The van der Waals surface area contributed by atoms with Crippen molar-refractivity contribution in [2.45, 2.75) is 52.2 Å². The average Bonchev–Trinajstić information content (AvgIpc) is 3.51. The highest BCUT2D eigenvalue weighted by atomic mass is 19.1. The quantitative estimate of drug-likeness (QED) is 0.418. The largest absolute Gasteiger partial charge is 0.438 e. The van der Waals surface area contributed by atoms with Crippen molar-refractivity contribution in [3.05, 3.63) is 71.7 Å². The van der Waals surface area contributed by atoms with Crippen molar-refractivity contribution in [3.63, 3.8) is 0 Å². The van der Waals surface area contributed by atoms with Crippen LogP contribution >= 0.6 is 0 Å². The zero-order valence-electron chi connectivity index (χ0n) is 20.4. The van der Waals surface area contributed by atoms with E-state index in [2.05, 4.69) is 5.32 Å². The molecule has 0 spiro atoms. The van der Waals surface area contributed by atoms with Gasteiger partial charge in [-0.15, -0.1) is 0 Å². The second-order valence-electron chi connectivity index (χ2n) is 8.64. The number of hydrogen-bond acceptors (Lipinski definition) is 4. The van der Waals surface area contributed by atoms with Gasteiger partial charge in [-0.2, -0.15) is 5.10 Å². The highest BCUT2D eigenvalue weighted by Crippen LogP contribution is 2.33. The number of urea groups is 1. The molecule has 1 N–H and O–H groups in total. The van der Waals surface area contributed by atoms with Crippen LogP contribution in [-0.4, -0.2) is 46.5 Å². The van der Waals surface area contributed by atoms with Crippen molar-refractivity contribution in [1.29, 1.82) is 0 Å². The fraction of sp³-hybridized carbons (Fsp3) is 0.407. The SMILES string of the molecule is CCCNC(=O)N(Cc1c(CC)nn(-c2ccccc2)c1Oc1cccc(F)c1)C[C@@H]1CCCO1. The monoisotopic (exact) mass is 480 g/mol. The van der Waals surface area contributed by atoms with Gasteiger partial charge in [-0.3, -0.25) is 0 Å². The maximum atomic E-state index is 13.9. The van der Waals surface area contributed by atoms with E-state index in [4.69, 9.17) is 14.6 Å². The molecule has 0 unspecified atom stereocenters. The molecule has 1 fully saturated rings. The Labute approximate surface area is 205 Å². The minimum atomic E-state index is -0.385. The Morgan fingerprint density at radius 3 is 2.74 bits per heavy atom. The molecule has 0 aliphatic carbocycles.